The van der Waals surface area contributed by atoms with Crippen LogP contribution in [0.1, 0.15) is 34.1 Å². The molecule has 0 spiro atoms. The lowest BCUT2D eigenvalue weighted by atomic mass is 10.0. The lowest BCUT2D eigenvalue weighted by Crippen LogP contribution is -2.57. The molecule has 0 aromatic heterocycles. The van der Waals surface area contributed by atoms with Gasteiger partial charge in [-0.05, 0) is 30.3 Å². The van der Waals surface area contributed by atoms with Crippen molar-refractivity contribution >= 4 is 35.5 Å². The van der Waals surface area contributed by atoms with Crippen molar-refractivity contribution in [3.63, 3.8) is 0 Å². The minimum Gasteiger partial charge on any atom is -0.480 e. The van der Waals surface area contributed by atoms with Crippen molar-refractivity contribution in [3.05, 3.63) is 0 Å². The first-order chi connectivity index (χ1) is 12.5. The van der Waals surface area contributed by atoms with Crippen molar-refractivity contribution in [1.29, 1.82) is 0 Å². The van der Waals surface area contributed by atoms with Crippen LogP contribution in [-0.4, -0.2) is 65.5 Å². The summed E-state index contributed by atoms with van der Waals surface area (Å²) in [6.07, 6.45) is 2.26. The lowest BCUT2D eigenvalue weighted by molar-refractivity contribution is -0.139. The van der Waals surface area contributed by atoms with E-state index in [-0.39, 0.29) is 11.8 Å². The normalized spacial score (nSPS) is 14.4. The van der Waals surface area contributed by atoms with Crippen molar-refractivity contribution in [3.8, 4) is 0 Å². The van der Waals surface area contributed by atoms with Crippen molar-refractivity contribution in [2.24, 2.45) is 17.6 Å². The molecule has 0 radical (unpaired) electrons. The Labute approximate surface area is 164 Å². The van der Waals surface area contributed by atoms with Gasteiger partial charge in [-0.15, -0.1) is 0 Å². The summed E-state index contributed by atoms with van der Waals surface area (Å²) in [6, 6.07) is -2.48. The molecule has 0 fully saturated rings. The molecule has 10 heteroatoms. The van der Waals surface area contributed by atoms with Gasteiger partial charge < -0.3 is 26.8 Å². The van der Waals surface area contributed by atoms with Gasteiger partial charge in [0.1, 0.15) is 18.6 Å². The fourth-order valence-corrected chi connectivity index (χ4v) is 2.61. The first kappa shape index (κ1) is 25.2. The number of hydrogen-bond donors (Lipinski definition) is 5. The number of carbonyl (C=O) groups excluding carboxylic acids is 3. The predicted molar refractivity (Wildman–Crippen MR) is 105 cm³/mol. The van der Waals surface area contributed by atoms with E-state index in [4.69, 9.17) is 10.8 Å². The molecular weight excluding hydrogens is 372 g/mol. The van der Waals surface area contributed by atoms with Gasteiger partial charge >= 0.3 is 5.97 Å². The molecule has 0 saturated heterocycles. The smallest absolute Gasteiger partial charge is 0.322 e. The molecule has 9 nitrogen and oxygen atoms in total. The third kappa shape index (κ3) is 9.62. The summed E-state index contributed by atoms with van der Waals surface area (Å²) in [7, 11) is 0. The highest BCUT2D eigenvalue weighted by Gasteiger charge is 2.30. The van der Waals surface area contributed by atoms with Gasteiger partial charge in [-0.3, -0.25) is 19.2 Å². The molecule has 27 heavy (non-hydrogen) atoms. The fraction of sp³-hybridized carbons (Fsp3) is 0.765. The molecule has 3 unspecified atom stereocenters. The Balaban J connectivity index is 5.13. The third-order valence-electron chi connectivity index (χ3n) is 3.93. The van der Waals surface area contributed by atoms with Crippen LogP contribution in [0.5, 0.6) is 0 Å². The van der Waals surface area contributed by atoms with Gasteiger partial charge in [0.2, 0.25) is 17.7 Å². The maximum atomic E-state index is 12.7. The minimum atomic E-state index is -1.18. The topological polar surface area (TPSA) is 151 Å². The molecule has 0 aromatic carbocycles. The Morgan fingerprint density at radius 1 is 0.963 bits per heavy atom. The third-order valence-corrected chi connectivity index (χ3v) is 4.57. The number of carboxylic acids is 1. The summed E-state index contributed by atoms with van der Waals surface area (Å²) in [4.78, 5) is 47.7. The molecule has 0 rings (SSSR count). The summed E-state index contributed by atoms with van der Waals surface area (Å²) >= 11 is 1.52. The average Bonchev–Trinajstić information content (AvgIpc) is 2.59. The molecule has 3 amide bonds. The highest BCUT2D eigenvalue weighted by atomic mass is 32.2. The van der Waals surface area contributed by atoms with E-state index in [1.54, 1.807) is 13.8 Å². The molecule has 0 heterocycles. The van der Waals surface area contributed by atoms with Crippen LogP contribution in [0.15, 0.2) is 0 Å². The van der Waals surface area contributed by atoms with E-state index in [0.717, 1.165) is 0 Å². The van der Waals surface area contributed by atoms with Crippen LogP contribution >= 0.6 is 11.8 Å². The molecule has 6 N–H and O–H groups in total. The van der Waals surface area contributed by atoms with Gasteiger partial charge in [0.15, 0.2) is 0 Å². The monoisotopic (exact) mass is 404 g/mol. The molecule has 3 atom stereocenters. The highest BCUT2D eigenvalue weighted by molar-refractivity contribution is 7.98. The zero-order chi connectivity index (χ0) is 21.1. The summed E-state index contributed by atoms with van der Waals surface area (Å²) in [5.41, 5.74) is 5.83. The number of aliphatic carboxylic acids is 1. The van der Waals surface area contributed by atoms with Crippen LogP contribution in [-0.2, 0) is 19.2 Å². The average molecular weight is 405 g/mol. The van der Waals surface area contributed by atoms with E-state index in [9.17, 15) is 19.2 Å². The number of carbonyl (C=O) groups is 4. The number of nitrogens with one attached hydrogen (secondary N) is 3. The molecule has 156 valence electrons. The standard InChI is InChI=1S/C17H32N4O5S/c1-9(2)13(18)16(25)20-11(6-7-27-5)15(24)21-14(10(3)4)17(26)19-8-12(22)23/h9-11,13-14H,6-8,18H2,1-5H3,(H,19,26)(H,20,25)(H,21,24)(H,22,23). The SMILES string of the molecule is CSCCC(NC(=O)C(N)C(C)C)C(=O)NC(C(=O)NCC(=O)O)C(C)C. The minimum absolute atomic E-state index is 0.0838. The Kier molecular flexibility index (Phi) is 11.7. The number of amides is 3. The Morgan fingerprint density at radius 3 is 2.00 bits per heavy atom. The predicted octanol–water partition coefficient (Wildman–Crippen LogP) is -0.451. The lowest BCUT2D eigenvalue weighted by Gasteiger charge is -2.26. The van der Waals surface area contributed by atoms with Crippen molar-refractivity contribution in [2.75, 3.05) is 18.6 Å². The van der Waals surface area contributed by atoms with Crippen molar-refractivity contribution < 1.29 is 24.3 Å². The highest BCUT2D eigenvalue weighted by Crippen LogP contribution is 2.07. The first-order valence-electron chi connectivity index (χ1n) is 8.86. The summed E-state index contributed by atoms with van der Waals surface area (Å²) in [5, 5.41) is 16.2. The largest absolute Gasteiger partial charge is 0.480 e. The van der Waals surface area contributed by atoms with Gasteiger partial charge in [0.05, 0.1) is 6.04 Å². The maximum absolute atomic E-state index is 12.7. The number of carboxylic acid groups (broad SMARTS) is 1. The van der Waals surface area contributed by atoms with E-state index >= 15 is 0 Å². The molecule has 0 aliphatic heterocycles. The maximum Gasteiger partial charge on any atom is 0.322 e. The van der Waals surface area contributed by atoms with E-state index < -0.39 is 48.4 Å². The second-order valence-corrected chi connectivity index (χ2v) is 7.94. The summed E-state index contributed by atoms with van der Waals surface area (Å²) in [6.45, 7) is 6.55. The van der Waals surface area contributed by atoms with Crippen molar-refractivity contribution in [1.82, 2.24) is 16.0 Å². The summed E-state index contributed by atoms with van der Waals surface area (Å²) < 4.78 is 0. The Morgan fingerprint density at radius 2 is 1.56 bits per heavy atom. The number of thioether (sulfide) groups is 1. The van der Waals surface area contributed by atoms with Crippen molar-refractivity contribution in [2.45, 2.75) is 52.2 Å². The number of hydrogen-bond acceptors (Lipinski definition) is 6. The van der Waals surface area contributed by atoms with Crippen LogP contribution in [0.4, 0.5) is 0 Å². The number of nitrogens with two attached hydrogens (primary N) is 1. The molecule has 0 saturated carbocycles. The van der Waals surface area contributed by atoms with Gasteiger partial charge in [0.25, 0.3) is 0 Å². The zero-order valence-electron chi connectivity index (χ0n) is 16.6. The second-order valence-electron chi connectivity index (χ2n) is 6.95. The van der Waals surface area contributed by atoms with Gasteiger partial charge in [0, 0.05) is 0 Å². The van der Waals surface area contributed by atoms with Gasteiger partial charge in [-0.1, -0.05) is 27.7 Å². The molecular formula is C17H32N4O5S. The first-order valence-corrected chi connectivity index (χ1v) is 10.2. The Hall–Kier alpha value is -1.81. The molecule has 0 aromatic rings. The van der Waals surface area contributed by atoms with E-state index in [1.807, 2.05) is 20.1 Å². The summed E-state index contributed by atoms with van der Waals surface area (Å²) in [5.74, 6) is -2.41. The number of rotatable bonds is 12. The van der Waals surface area contributed by atoms with Crippen LogP contribution in [0.25, 0.3) is 0 Å². The van der Waals surface area contributed by atoms with Crippen LogP contribution in [0.3, 0.4) is 0 Å². The van der Waals surface area contributed by atoms with Crippen LogP contribution < -0.4 is 21.7 Å². The molecule has 0 bridgehead atoms. The van der Waals surface area contributed by atoms with E-state index in [0.29, 0.717) is 12.2 Å². The van der Waals surface area contributed by atoms with Crippen LogP contribution in [0, 0.1) is 11.8 Å². The molecule has 0 aliphatic carbocycles. The fourth-order valence-electron chi connectivity index (χ4n) is 2.14. The molecule has 0 aliphatic rings. The second kappa shape index (κ2) is 12.6. The van der Waals surface area contributed by atoms with Gasteiger partial charge in [-0.25, -0.2) is 0 Å². The van der Waals surface area contributed by atoms with E-state index in [2.05, 4.69) is 16.0 Å². The zero-order valence-corrected chi connectivity index (χ0v) is 17.4. The quantitative estimate of drug-likeness (QED) is 0.295. The van der Waals surface area contributed by atoms with E-state index in [1.165, 1.54) is 11.8 Å². The Bertz CT molecular complexity index is 527. The van der Waals surface area contributed by atoms with Crippen LogP contribution in [0.2, 0.25) is 0 Å². The van der Waals surface area contributed by atoms with Gasteiger partial charge in [-0.2, -0.15) is 11.8 Å².